The van der Waals surface area contributed by atoms with Crippen molar-refractivity contribution in [1.82, 2.24) is 9.88 Å². The number of pyridine rings is 1. The van der Waals surface area contributed by atoms with Crippen LogP contribution in [0.2, 0.25) is 0 Å². The van der Waals surface area contributed by atoms with Gasteiger partial charge in [-0.15, -0.1) is 0 Å². The lowest BCUT2D eigenvalue weighted by Crippen LogP contribution is -2.61. The van der Waals surface area contributed by atoms with Crippen LogP contribution in [0.1, 0.15) is 74.6 Å². The minimum atomic E-state index is 0.340. The second-order valence-corrected chi connectivity index (χ2v) is 10.1. The van der Waals surface area contributed by atoms with Crippen LogP contribution in [0.5, 0.6) is 5.75 Å². The molecule has 2 heterocycles. The van der Waals surface area contributed by atoms with Crippen LogP contribution in [-0.2, 0) is 6.42 Å². The Morgan fingerprint density at radius 3 is 2.90 bits per heavy atom. The predicted octanol–water partition coefficient (Wildman–Crippen LogP) is 5.80. The van der Waals surface area contributed by atoms with Gasteiger partial charge in [-0.3, -0.25) is 9.88 Å². The van der Waals surface area contributed by atoms with Crippen molar-refractivity contribution < 1.29 is 4.74 Å². The Labute approximate surface area is 181 Å². The fourth-order valence-electron chi connectivity index (χ4n) is 7.05. The van der Waals surface area contributed by atoms with E-state index in [1.165, 1.54) is 56.3 Å². The maximum Gasteiger partial charge on any atom is 0.119 e. The van der Waals surface area contributed by atoms with Gasteiger partial charge in [0.1, 0.15) is 5.75 Å². The highest BCUT2D eigenvalue weighted by atomic mass is 16.5. The maximum atomic E-state index is 5.49. The molecule has 1 saturated heterocycles. The largest absolute Gasteiger partial charge is 0.497 e. The van der Waals surface area contributed by atoms with Crippen LogP contribution in [0.3, 0.4) is 0 Å². The number of fused-ring (bicyclic) bond motifs is 5. The minimum Gasteiger partial charge on any atom is -0.497 e. The molecule has 1 aromatic carbocycles. The summed E-state index contributed by atoms with van der Waals surface area (Å²) < 4.78 is 5.49. The van der Waals surface area contributed by atoms with Crippen LogP contribution in [0.4, 0.5) is 0 Å². The molecule has 1 aliphatic heterocycles. The van der Waals surface area contributed by atoms with Gasteiger partial charge in [0.15, 0.2) is 0 Å². The minimum absolute atomic E-state index is 0.340. The third-order valence-corrected chi connectivity index (χ3v) is 8.64. The van der Waals surface area contributed by atoms with E-state index in [-0.39, 0.29) is 0 Å². The van der Waals surface area contributed by atoms with E-state index < -0.39 is 0 Å². The number of methoxy groups -OCH3 is 1. The third kappa shape index (κ3) is 3.36. The molecule has 30 heavy (non-hydrogen) atoms. The van der Waals surface area contributed by atoms with Crippen molar-refractivity contribution in [2.45, 2.75) is 69.7 Å². The Hall–Kier alpha value is -1.87. The molecule has 1 saturated carbocycles. The van der Waals surface area contributed by atoms with Crippen LogP contribution >= 0.6 is 0 Å². The van der Waals surface area contributed by atoms with Gasteiger partial charge in [0.2, 0.25) is 0 Å². The molecule has 0 amide bonds. The fraction of sp³-hybridized carbons (Fsp3) is 0.593. The van der Waals surface area contributed by atoms with Crippen LogP contribution in [-0.4, -0.2) is 35.6 Å². The molecular formula is C27H36N2O. The molecule has 2 aromatic rings. The Bertz CT molecular complexity index is 882. The summed E-state index contributed by atoms with van der Waals surface area (Å²) in [6.45, 7) is 7.32. The number of aryl methyl sites for hydroxylation is 1. The van der Waals surface area contributed by atoms with E-state index in [1.54, 1.807) is 12.7 Å². The number of aromatic nitrogens is 1. The molecule has 3 nitrogen and oxygen atoms in total. The number of rotatable bonds is 4. The Balaban J connectivity index is 1.38. The number of ether oxygens (including phenoxy) is 1. The first-order valence-corrected chi connectivity index (χ1v) is 11.9. The van der Waals surface area contributed by atoms with Crippen molar-refractivity contribution in [3.63, 3.8) is 0 Å². The van der Waals surface area contributed by atoms with Crippen LogP contribution in [0.15, 0.2) is 42.6 Å². The van der Waals surface area contributed by atoms with E-state index >= 15 is 0 Å². The summed E-state index contributed by atoms with van der Waals surface area (Å²) in [5.41, 5.74) is 4.73. The molecule has 5 rings (SSSR count). The summed E-state index contributed by atoms with van der Waals surface area (Å²) in [6.07, 6.45) is 9.88. The normalized spacial score (nSPS) is 31.9. The van der Waals surface area contributed by atoms with E-state index in [9.17, 15) is 0 Å². The topological polar surface area (TPSA) is 25.4 Å². The summed E-state index contributed by atoms with van der Waals surface area (Å²) in [5.74, 6) is 3.89. The summed E-state index contributed by atoms with van der Waals surface area (Å²) in [5, 5.41) is 0. The molecule has 0 radical (unpaired) electrons. The molecule has 0 N–H and O–H groups in total. The molecular weight excluding hydrogens is 368 g/mol. The highest BCUT2D eigenvalue weighted by Gasteiger charge is 2.52. The van der Waals surface area contributed by atoms with E-state index in [1.807, 2.05) is 12.3 Å². The molecule has 0 bridgehead atoms. The van der Waals surface area contributed by atoms with Gasteiger partial charge in [0.05, 0.1) is 7.11 Å². The number of hydrogen-bond acceptors (Lipinski definition) is 3. The summed E-state index contributed by atoms with van der Waals surface area (Å²) in [7, 11) is 1.78. The number of benzene rings is 1. The lowest BCUT2D eigenvalue weighted by Gasteiger charge is -2.59. The predicted molar refractivity (Wildman–Crippen MR) is 122 cm³/mol. The van der Waals surface area contributed by atoms with Gasteiger partial charge in [-0.2, -0.15) is 0 Å². The van der Waals surface area contributed by atoms with Crippen LogP contribution in [0.25, 0.3) is 0 Å². The first-order valence-electron chi connectivity index (χ1n) is 11.9. The zero-order chi connectivity index (χ0) is 20.7. The van der Waals surface area contributed by atoms with Crippen molar-refractivity contribution in [3.8, 4) is 5.75 Å². The quantitative estimate of drug-likeness (QED) is 0.643. The molecule has 2 fully saturated rings. The Morgan fingerprint density at radius 2 is 2.10 bits per heavy atom. The Kier molecular flexibility index (Phi) is 5.35. The second-order valence-electron chi connectivity index (χ2n) is 10.1. The third-order valence-electron chi connectivity index (χ3n) is 8.64. The van der Waals surface area contributed by atoms with E-state index in [2.05, 4.69) is 54.1 Å². The molecule has 3 heteroatoms. The smallest absolute Gasteiger partial charge is 0.119 e. The zero-order valence-electron chi connectivity index (χ0n) is 18.8. The average Bonchev–Trinajstić information content (AvgIpc) is 2.79. The van der Waals surface area contributed by atoms with Gasteiger partial charge in [-0.1, -0.05) is 19.1 Å². The summed E-state index contributed by atoms with van der Waals surface area (Å²) in [4.78, 5) is 7.49. The first-order chi connectivity index (χ1) is 14.6. The number of nitrogens with zero attached hydrogens (tertiary/aromatic N) is 2. The van der Waals surface area contributed by atoms with Crippen molar-refractivity contribution in [2.75, 3.05) is 20.2 Å². The van der Waals surface area contributed by atoms with Crippen LogP contribution in [0, 0.1) is 11.8 Å². The Morgan fingerprint density at radius 1 is 1.20 bits per heavy atom. The molecule has 2 aliphatic carbocycles. The van der Waals surface area contributed by atoms with Crippen molar-refractivity contribution in [3.05, 3.63) is 59.4 Å². The molecule has 5 atom stereocenters. The van der Waals surface area contributed by atoms with E-state index in [0.29, 0.717) is 11.5 Å². The van der Waals surface area contributed by atoms with E-state index in [0.717, 1.165) is 30.0 Å². The monoisotopic (exact) mass is 404 g/mol. The number of piperidine rings is 1. The highest BCUT2D eigenvalue weighted by Crippen LogP contribution is 2.56. The van der Waals surface area contributed by atoms with E-state index in [4.69, 9.17) is 4.74 Å². The molecule has 3 aliphatic rings. The van der Waals surface area contributed by atoms with Gasteiger partial charge < -0.3 is 4.74 Å². The molecule has 160 valence electrons. The molecule has 1 aromatic heterocycles. The van der Waals surface area contributed by atoms with Crippen LogP contribution < -0.4 is 4.74 Å². The number of hydrogen-bond donors (Lipinski definition) is 0. The van der Waals surface area contributed by atoms with Crippen molar-refractivity contribution >= 4 is 0 Å². The van der Waals surface area contributed by atoms with Gasteiger partial charge in [-0.05, 0) is 105 Å². The van der Waals surface area contributed by atoms with Gasteiger partial charge >= 0.3 is 0 Å². The summed E-state index contributed by atoms with van der Waals surface area (Å²) >= 11 is 0. The lowest BCUT2D eigenvalue weighted by molar-refractivity contribution is -0.0632. The van der Waals surface area contributed by atoms with Gasteiger partial charge in [-0.25, -0.2) is 0 Å². The van der Waals surface area contributed by atoms with Gasteiger partial charge in [0, 0.05) is 29.9 Å². The summed E-state index contributed by atoms with van der Waals surface area (Å²) in [6, 6.07) is 13.2. The number of likely N-dealkylation sites (tertiary alicyclic amines) is 1. The van der Waals surface area contributed by atoms with Gasteiger partial charge in [0.25, 0.3) is 0 Å². The van der Waals surface area contributed by atoms with Crippen molar-refractivity contribution in [1.29, 1.82) is 0 Å². The highest BCUT2D eigenvalue weighted by molar-refractivity contribution is 5.40. The second kappa shape index (κ2) is 8.00. The zero-order valence-corrected chi connectivity index (χ0v) is 18.8. The maximum absolute atomic E-state index is 5.49. The standard InChI is InChI=1S/C27H36N2O/c1-19(26-8-4-5-15-28-26)18-29-16-6-7-25-24-11-9-20-17-21(30-3)10-12-22(20)23(24)13-14-27(25,29)2/h4-5,8,10,12,15,17,19,23-25H,6-7,9,11,13-14,16,18H2,1-3H3/t19-,23-,24-,25+,27+/m1/s1. The fourth-order valence-corrected chi connectivity index (χ4v) is 7.05. The lowest BCUT2D eigenvalue weighted by atomic mass is 9.55. The first kappa shape index (κ1) is 20.1. The SMILES string of the molecule is COc1ccc2c(c1)CC[C@@H]1[C@@H]2CC[C@@]2(C)[C@H]1CCCN2C[C@@H](C)c1ccccn1. The average molecular weight is 405 g/mol. The van der Waals surface area contributed by atoms with Crippen molar-refractivity contribution in [2.24, 2.45) is 11.8 Å². The molecule has 0 spiro atoms. The molecule has 0 unspecified atom stereocenters.